The highest BCUT2D eigenvalue weighted by Gasteiger charge is 2.27. The number of ether oxygens (including phenoxy) is 1. The maximum absolute atomic E-state index is 14.2. The molecule has 8 heteroatoms. The zero-order chi connectivity index (χ0) is 14.7. The van der Waals surface area contributed by atoms with Crippen molar-refractivity contribution in [2.45, 2.75) is 6.10 Å². The van der Waals surface area contributed by atoms with E-state index in [0.717, 1.165) is 6.07 Å². The van der Waals surface area contributed by atoms with Crippen molar-refractivity contribution >= 4 is 11.4 Å². The van der Waals surface area contributed by atoms with Gasteiger partial charge in [0.05, 0.1) is 29.9 Å². The monoisotopic (exact) mass is 281 g/mol. The first-order valence-electron chi connectivity index (χ1n) is 5.93. The Labute approximate surface area is 113 Å². The SMILES string of the molecule is N#Cc1c([N+](=O)[O-])ccc(N2CCO[C@@H](CO)C2)c1F. The van der Waals surface area contributed by atoms with Crippen LogP contribution in [0.4, 0.5) is 15.8 Å². The van der Waals surface area contributed by atoms with Gasteiger partial charge in [-0.3, -0.25) is 10.1 Å². The molecule has 20 heavy (non-hydrogen) atoms. The van der Waals surface area contributed by atoms with E-state index in [1.165, 1.54) is 12.1 Å². The lowest BCUT2D eigenvalue weighted by molar-refractivity contribution is -0.385. The molecule has 2 rings (SSSR count). The lowest BCUT2D eigenvalue weighted by atomic mass is 10.1. The van der Waals surface area contributed by atoms with Crippen LogP contribution in [0.5, 0.6) is 0 Å². The Morgan fingerprint density at radius 2 is 2.40 bits per heavy atom. The average Bonchev–Trinajstić information content (AvgIpc) is 2.46. The highest BCUT2D eigenvalue weighted by molar-refractivity contribution is 5.61. The van der Waals surface area contributed by atoms with Gasteiger partial charge in [-0.05, 0) is 6.07 Å². The molecule has 1 aromatic carbocycles. The van der Waals surface area contributed by atoms with Crippen LogP contribution in [0.1, 0.15) is 5.56 Å². The number of hydrogen-bond donors (Lipinski definition) is 1. The second-order valence-electron chi connectivity index (χ2n) is 4.28. The molecule has 1 aliphatic rings. The van der Waals surface area contributed by atoms with Gasteiger partial charge in [-0.25, -0.2) is 4.39 Å². The maximum atomic E-state index is 14.2. The summed E-state index contributed by atoms with van der Waals surface area (Å²) in [5.41, 5.74) is -1.03. The third-order valence-corrected chi connectivity index (χ3v) is 3.09. The third kappa shape index (κ3) is 2.54. The Hall–Kier alpha value is -2.24. The van der Waals surface area contributed by atoms with Crippen molar-refractivity contribution in [3.63, 3.8) is 0 Å². The van der Waals surface area contributed by atoms with E-state index >= 15 is 0 Å². The molecule has 0 aliphatic carbocycles. The summed E-state index contributed by atoms with van der Waals surface area (Å²) in [5, 5.41) is 28.7. The number of aliphatic hydroxyl groups excluding tert-OH is 1. The Bertz CT molecular complexity index is 573. The quantitative estimate of drug-likeness (QED) is 0.650. The van der Waals surface area contributed by atoms with Crippen molar-refractivity contribution in [3.8, 4) is 6.07 Å². The molecule has 0 bridgehead atoms. The Morgan fingerprint density at radius 1 is 1.65 bits per heavy atom. The van der Waals surface area contributed by atoms with Crippen molar-refractivity contribution in [2.75, 3.05) is 31.2 Å². The normalized spacial score (nSPS) is 18.6. The smallest absolute Gasteiger partial charge is 0.290 e. The molecular weight excluding hydrogens is 269 g/mol. The molecule has 1 N–H and O–H groups in total. The molecule has 0 spiro atoms. The second-order valence-corrected chi connectivity index (χ2v) is 4.28. The molecule has 1 aliphatic heterocycles. The predicted molar refractivity (Wildman–Crippen MR) is 66.8 cm³/mol. The van der Waals surface area contributed by atoms with Gasteiger partial charge in [0.2, 0.25) is 0 Å². The average molecular weight is 281 g/mol. The van der Waals surface area contributed by atoms with Crippen LogP contribution >= 0.6 is 0 Å². The topological polar surface area (TPSA) is 99.6 Å². The summed E-state index contributed by atoms with van der Waals surface area (Å²) in [7, 11) is 0. The van der Waals surface area contributed by atoms with Crippen LogP contribution in [0.25, 0.3) is 0 Å². The van der Waals surface area contributed by atoms with Crippen molar-refractivity contribution in [2.24, 2.45) is 0 Å². The number of hydrogen-bond acceptors (Lipinski definition) is 6. The Balaban J connectivity index is 2.38. The molecule has 1 saturated heterocycles. The fourth-order valence-electron chi connectivity index (χ4n) is 2.11. The largest absolute Gasteiger partial charge is 0.394 e. The Kier molecular flexibility index (Phi) is 4.12. The molecule has 1 aromatic rings. The summed E-state index contributed by atoms with van der Waals surface area (Å²) < 4.78 is 19.5. The number of benzene rings is 1. The van der Waals surface area contributed by atoms with Gasteiger partial charge in [0.25, 0.3) is 5.69 Å². The van der Waals surface area contributed by atoms with E-state index in [0.29, 0.717) is 13.2 Å². The molecule has 1 heterocycles. The minimum atomic E-state index is -0.916. The molecule has 0 aromatic heterocycles. The highest BCUT2D eigenvalue weighted by Crippen LogP contribution is 2.30. The number of anilines is 1. The number of rotatable bonds is 3. The summed E-state index contributed by atoms with van der Waals surface area (Å²) in [5.74, 6) is -0.916. The first kappa shape index (κ1) is 14.2. The van der Waals surface area contributed by atoms with Crippen LogP contribution in [0, 0.1) is 27.3 Å². The molecule has 0 amide bonds. The van der Waals surface area contributed by atoms with Crippen LogP contribution in [-0.4, -0.2) is 42.4 Å². The molecule has 0 saturated carbocycles. The van der Waals surface area contributed by atoms with E-state index in [-0.39, 0.29) is 18.8 Å². The van der Waals surface area contributed by atoms with Gasteiger partial charge in [0.15, 0.2) is 11.4 Å². The number of nitriles is 1. The lowest BCUT2D eigenvalue weighted by Gasteiger charge is -2.33. The summed E-state index contributed by atoms with van der Waals surface area (Å²) in [4.78, 5) is 11.6. The van der Waals surface area contributed by atoms with E-state index in [4.69, 9.17) is 15.1 Å². The standard InChI is InChI=1S/C12H12FN3O4/c13-12-9(5-14)10(16(18)19)1-2-11(12)15-3-4-20-8(6-15)7-17/h1-2,8,17H,3-4,6-7H2/t8-/m1/s1. The lowest BCUT2D eigenvalue weighted by Crippen LogP contribution is -2.44. The highest BCUT2D eigenvalue weighted by atomic mass is 19.1. The van der Waals surface area contributed by atoms with Crippen LogP contribution in [0.2, 0.25) is 0 Å². The van der Waals surface area contributed by atoms with Gasteiger partial charge < -0.3 is 14.7 Å². The van der Waals surface area contributed by atoms with Gasteiger partial charge >= 0.3 is 0 Å². The van der Waals surface area contributed by atoms with Crippen LogP contribution in [-0.2, 0) is 4.74 Å². The van der Waals surface area contributed by atoms with Crippen molar-refractivity contribution in [3.05, 3.63) is 33.6 Å². The van der Waals surface area contributed by atoms with E-state index in [9.17, 15) is 14.5 Å². The minimum absolute atomic E-state index is 0.105. The van der Waals surface area contributed by atoms with Gasteiger partial charge in [0, 0.05) is 19.2 Å². The molecule has 0 radical (unpaired) electrons. The molecule has 106 valence electrons. The van der Waals surface area contributed by atoms with Gasteiger partial charge in [-0.1, -0.05) is 0 Å². The first-order chi connectivity index (χ1) is 9.58. The summed E-state index contributed by atoms with van der Waals surface area (Å²) >= 11 is 0. The van der Waals surface area contributed by atoms with E-state index in [1.54, 1.807) is 4.90 Å². The first-order valence-corrected chi connectivity index (χ1v) is 5.93. The summed E-state index contributed by atoms with van der Waals surface area (Å²) in [6, 6.07) is 3.91. The minimum Gasteiger partial charge on any atom is -0.394 e. The van der Waals surface area contributed by atoms with Crippen molar-refractivity contribution in [1.29, 1.82) is 5.26 Å². The van der Waals surface area contributed by atoms with E-state index < -0.39 is 28.1 Å². The molecule has 1 fully saturated rings. The van der Waals surface area contributed by atoms with Crippen LogP contribution < -0.4 is 4.90 Å². The van der Waals surface area contributed by atoms with E-state index in [2.05, 4.69) is 0 Å². The fraction of sp³-hybridized carbons (Fsp3) is 0.417. The molecule has 7 nitrogen and oxygen atoms in total. The number of aliphatic hydroxyl groups is 1. The summed E-state index contributed by atoms with van der Waals surface area (Å²) in [6.45, 7) is 0.756. The fourth-order valence-corrected chi connectivity index (χ4v) is 2.11. The number of morpholine rings is 1. The van der Waals surface area contributed by atoms with Crippen LogP contribution in [0.15, 0.2) is 12.1 Å². The van der Waals surface area contributed by atoms with Crippen LogP contribution in [0.3, 0.4) is 0 Å². The zero-order valence-electron chi connectivity index (χ0n) is 10.5. The number of nitro benzene ring substituents is 1. The molecule has 1 atom stereocenters. The van der Waals surface area contributed by atoms with Gasteiger partial charge in [-0.2, -0.15) is 5.26 Å². The molecule has 0 unspecified atom stereocenters. The number of nitro groups is 1. The zero-order valence-corrected chi connectivity index (χ0v) is 10.5. The second kappa shape index (κ2) is 5.81. The number of nitrogens with zero attached hydrogens (tertiary/aromatic N) is 3. The number of halogens is 1. The van der Waals surface area contributed by atoms with Gasteiger partial charge in [0.1, 0.15) is 6.07 Å². The van der Waals surface area contributed by atoms with E-state index in [1.807, 2.05) is 0 Å². The molecular formula is C12H12FN3O4. The Morgan fingerprint density at radius 3 is 3.00 bits per heavy atom. The third-order valence-electron chi connectivity index (χ3n) is 3.09. The predicted octanol–water partition coefficient (Wildman–Crippen LogP) is 0.803. The van der Waals surface area contributed by atoms with Crippen molar-refractivity contribution in [1.82, 2.24) is 0 Å². The maximum Gasteiger partial charge on any atom is 0.290 e. The van der Waals surface area contributed by atoms with Crippen molar-refractivity contribution < 1.29 is 19.2 Å². The van der Waals surface area contributed by atoms with Gasteiger partial charge in [-0.15, -0.1) is 0 Å². The summed E-state index contributed by atoms with van der Waals surface area (Å²) in [6.07, 6.45) is -0.441.